The molecule has 2 rings (SSSR count). The lowest BCUT2D eigenvalue weighted by molar-refractivity contribution is -0.132. The van der Waals surface area contributed by atoms with Gasteiger partial charge in [-0.15, -0.1) is 0 Å². The van der Waals surface area contributed by atoms with E-state index in [0.717, 1.165) is 12.5 Å². The molecule has 2 aliphatic rings. The molecule has 0 radical (unpaired) electrons. The third kappa shape index (κ3) is 5.13. The minimum absolute atomic E-state index is 0.0235. The standard InChI is InChI=1S/C16H30N2O/c1-16(2,3)17-11-15(19)18(14-9-10-14)12-13-7-5-4-6-8-13/h13-14,17H,4-12H2,1-3H3. The summed E-state index contributed by atoms with van der Waals surface area (Å²) in [6, 6.07) is 0.552. The number of hydrogen-bond acceptors (Lipinski definition) is 2. The SMILES string of the molecule is CC(C)(C)NCC(=O)N(CC1CCCCC1)C1CC1. The summed E-state index contributed by atoms with van der Waals surface area (Å²) in [5.74, 6) is 1.07. The zero-order valence-corrected chi connectivity index (χ0v) is 12.9. The Morgan fingerprint density at radius 2 is 1.74 bits per heavy atom. The van der Waals surface area contributed by atoms with E-state index in [0.29, 0.717) is 18.5 Å². The Bertz CT molecular complexity index is 298. The molecule has 2 aliphatic carbocycles. The highest BCUT2D eigenvalue weighted by molar-refractivity contribution is 5.79. The van der Waals surface area contributed by atoms with Crippen LogP contribution in [0.2, 0.25) is 0 Å². The summed E-state index contributed by atoms with van der Waals surface area (Å²) in [5, 5.41) is 3.33. The van der Waals surface area contributed by atoms with E-state index in [-0.39, 0.29) is 5.54 Å². The lowest BCUT2D eigenvalue weighted by Gasteiger charge is -2.31. The number of carbonyl (C=O) groups excluding carboxylic acids is 1. The summed E-state index contributed by atoms with van der Waals surface area (Å²) < 4.78 is 0. The van der Waals surface area contributed by atoms with Crippen LogP contribution in [0.1, 0.15) is 65.7 Å². The van der Waals surface area contributed by atoms with E-state index in [9.17, 15) is 4.79 Å². The van der Waals surface area contributed by atoms with E-state index in [2.05, 4.69) is 31.0 Å². The number of hydrogen-bond donors (Lipinski definition) is 1. The first kappa shape index (κ1) is 14.8. The molecule has 0 aromatic rings. The number of carbonyl (C=O) groups is 1. The Morgan fingerprint density at radius 1 is 1.11 bits per heavy atom. The fraction of sp³-hybridized carbons (Fsp3) is 0.938. The minimum atomic E-state index is 0.0235. The van der Waals surface area contributed by atoms with Gasteiger partial charge in [-0.05, 0) is 52.4 Å². The van der Waals surface area contributed by atoms with Crippen molar-refractivity contribution in [1.82, 2.24) is 10.2 Å². The predicted molar refractivity (Wildman–Crippen MR) is 79.1 cm³/mol. The van der Waals surface area contributed by atoms with Crippen molar-refractivity contribution in [2.75, 3.05) is 13.1 Å². The van der Waals surface area contributed by atoms with Gasteiger partial charge < -0.3 is 10.2 Å². The molecule has 0 saturated heterocycles. The molecule has 0 bridgehead atoms. The van der Waals surface area contributed by atoms with Crippen molar-refractivity contribution < 1.29 is 4.79 Å². The fourth-order valence-electron chi connectivity index (χ4n) is 2.93. The normalized spacial score (nSPS) is 21.4. The van der Waals surface area contributed by atoms with Crippen LogP contribution in [0.3, 0.4) is 0 Å². The quantitative estimate of drug-likeness (QED) is 0.830. The monoisotopic (exact) mass is 266 g/mol. The van der Waals surface area contributed by atoms with Crippen LogP contribution in [0, 0.1) is 5.92 Å². The second-order valence-corrected chi connectivity index (χ2v) is 7.38. The average molecular weight is 266 g/mol. The molecule has 0 heterocycles. The summed E-state index contributed by atoms with van der Waals surface area (Å²) in [6.45, 7) is 7.84. The van der Waals surface area contributed by atoms with Gasteiger partial charge in [0.1, 0.15) is 0 Å². The zero-order valence-electron chi connectivity index (χ0n) is 12.9. The van der Waals surface area contributed by atoms with E-state index in [4.69, 9.17) is 0 Å². The smallest absolute Gasteiger partial charge is 0.236 e. The second-order valence-electron chi connectivity index (χ2n) is 7.38. The number of nitrogens with one attached hydrogen (secondary N) is 1. The van der Waals surface area contributed by atoms with Crippen molar-refractivity contribution >= 4 is 5.91 Å². The maximum atomic E-state index is 12.4. The number of nitrogens with zero attached hydrogens (tertiary/aromatic N) is 1. The Kier molecular flexibility index (Phi) is 4.88. The van der Waals surface area contributed by atoms with Crippen molar-refractivity contribution in [3.05, 3.63) is 0 Å². The van der Waals surface area contributed by atoms with Gasteiger partial charge in [0.25, 0.3) is 0 Å². The van der Waals surface area contributed by atoms with Gasteiger partial charge in [-0.2, -0.15) is 0 Å². The first-order chi connectivity index (χ1) is 8.96. The van der Waals surface area contributed by atoms with Crippen LogP contribution in [-0.2, 0) is 4.79 Å². The Labute approximate surface area is 118 Å². The third-order valence-electron chi connectivity index (χ3n) is 4.26. The predicted octanol–water partition coefficient (Wildman–Crippen LogP) is 2.95. The largest absolute Gasteiger partial charge is 0.338 e. The molecule has 0 atom stereocenters. The highest BCUT2D eigenvalue weighted by Gasteiger charge is 2.34. The molecule has 0 unspecified atom stereocenters. The van der Waals surface area contributed by atoms with E-state index < -0.39 is 0 Å². The molecule has 110 valence electrons. The van der Waals surface area contributed by atoms with E-state index in [1.807, 2.05) is 0 Å². The maximum Gasteiger partial charge on any atom is 0.236 e. The summed E-state index contributed by atoms with van der Waals surface area (Å²) in [7, 11) is 0. The van der Waals surface area contributed by atoms with Gasteiger partial charge in [0.2, 0.25) is 5.91 Å². The second kappa shape index (κ2) is 6.25. The first-order valence-electron chi connectivity index (χ1n) is 8.00. The summed E-state index contributed by atoms with van der Waals surface area (Å²) in [5.41, 5.74) is 0.0235. The van der Waals surface area contributed by atoms with E-state index in [1.165, 1.54) is 44.9 Å². The molecule has 2 fully saturated rings. The van der Waals surface area contributed by atoms with Crippen LogP contribution in [0.5, 0.6) is 0 Å². The first-order valence-corrected chi connectivity index (χ1v) is 8.00. The van der Waals surface area contributed by atoms with Gasteiger partial charge >= 0.3 is 0 Å². The Balaban J connectivity index is 1.82. The van der Waals surface area contributed by atoms with E-state index >= 15 is 0 Å². The topological polar surface area (TPSA) is 32.3 Å². The van der Waals surface area contributed by atoms with Gasteiger partial charge in [0.15, 0.2) is 0 Å². The van der Waals surface area contributed by atoms with Gasteiger partial charge in [-0.1, -0.05) is 19.3 Å². The Morgan fingerprint density at radius 3 is 2.26 bits per heavy atom. The molecule has 0 aromatic carbocycles. The molecule has 3 heteroatoms. The molecule has 2 saturated carbocycles. The highest BCUT2D eigenvalue weighted by Crippen LogP contribution is 2.31. The van der Waals surface area contributed by atoms with Crippen molar-refractivity contribution in [3.8, 4) is 0 Å². The van der Waals surface area contributed by atoms with E-state index in [1.54, 1.807) is 0 Å². The van der Waals surface area contributed by atoms with Gasteiger partial charge in [-0.3, -0.25) is 4.79 Å². The van der Waals surface area contributed by atoms with Crippen molar-refractivity contribution in [2.45, 2.75) is 77.3 Å². The van der Waals surface area contributed by atoms with Crippen molar-refractivity contribution in [1.29, 1.82) is 0 Å². The molecular formula is C16H30N2O. The van der Waals surface area contributed by atoms with Crippen LogP contribution in [0.15, 0.2) is 0 Å². The van der Waals surface area contributed by atoms with Crippen molar-refractivity contribution in [3.63, 3.8) is 0 Å². The van der Waals surface area contributed by atoms with Crippen LogP contribution >= 0.6 is 0 Å². The van der Waals surface area contributed by atoms with Gasteiger partial charge in [-0.25, -0.2) is 0 Å². The molecular weight excluding hydrogens is 236 g/mol. The zero-order chi connectivity index (χ0) is 13.9. The fourth-order valence-corrected chi connectivity index (χ4v) is 2.93. The molecule has 0 aromatic heterocycles. The minimum Gasteiger partial charge on any atom is -0.338 e. The molecule has 19 heavy (non-hydrogen) atoms. The lowest BCUT2D eigenvalue weighted by atomic mass is 9.89. The average Bonchev–Trinajstić information content (AvgIpc) is 3.18. The van der Waals surface area contributed by atoms with Crippen molar-refractivity contribution in [2.24, 2.45) is 5.92 Å². The van der Waals surface area contributed by atoms with Gasteiger partial charge in [0, 0.05) is 18.1 Å². The Hall–Kier alpha value is -0.570. The van der Waals surface area contributed by atoms with Crippen LogP contribution in [0.25, 0.3) is 0 Å². The number of amides is 1. The van der Waals surface area contributed by atoms with Crippen LogP contribution in [-0.4, -0.2) is 35.5 Å². The van der Waals surface area contributed by atoms with Crippen LogP contribution in [0.4, 0.5) is 0 Å². The summed E-state index contributed by atoms with van der Waals surface area (Å²) >= 11 is 0. The molecule has 1 N–H and O–H groups in total. The molecule has 3 nitrogen and oxygen atoms in total. The summed E-state index contributed by atoms with van der Waals surface area (Å²) in [6.07, 6.45) is 9.18. The molecule has 1 amide bonds. The molecule has 0 aliphatic heterocycles. The highest BCUT2D eigenvalue weighted by atomic mass is 16.2. The van der Waals surface area contributed by atoms with Gasteiger partial charge in [0.05, 0.1) is 6.54 Å². The van der Waals surface area contributed by atoms with Crippen LogP contribution < -0.4 is 5.32 Å². The maximum absolute atomic E-state index is 12.4. The lowest BCUT2D eigenvalue weighted by Crippen LogP contribution is -2.47. The molecule has 0 spiro atoms. The summed E-state index contributed by atoms with van der Waals surface area (Å²) in [4.78, 5) is 14.6. The number of rotatable bonds is 5. The third-order valence-corrected chi connectivity index (χ3v) is 4.26.